The number of hydrogen-bond donors (Lipinski definition) is 0. The smallest absolute Gasteiger partial charge is 0.195 e. The second-order valence-corrected chi connectivity index (χ2v) is 11.7. The molecule has 41 heavy (non-hydrogen) atoms. The van der Waals surface area contributed by atoms with E-state index in [0.29, 0.717) is 38.1 Å². The molecular formula is C33H24ClNO5S. The van der Waals surface area contributed by atoms with Gasteiger partial charge in [-0.15, -0.1) is 11.3 Å². The zero-order valence-corrected chi connectivity index (χ0v) is 23.7. The van der Waals surface area contributed by atoms with E-state index in [4.69, 9.17) is 21.1 Å². The molecule has 1 aliphatic carbocycles. The first-order valence-electron chi connectivity index (χ1n) is 13.2. The van der Waals surface area contributed by atoms with Crippen LogP contribution in [0.4, 0.5) is 5.69 Å². The summed E-state index contributed by atoms with van der Waals surface area (Å²) in [4.78, 5) is 46.6. The number of rotatable bonds is 5. The van der Waals surface area contributed by atoms with E-state index >= 15 is 0 Å². The minimum Gasteiger partial charge on any atom is -0.497 e. The predicted molar refractivity (Wildman–Crippen MR) is 159 cm³/mol. The predicted octanol–water partition coefficient (Wildman–Crippen LogP) is 6.74. The van der Waals surface area contributed by atoms with Crippen LogP contribution in [0.15, 0.2) is 84.3 Å². The molecule has 3 atom stereocenters. The SMILES string of the molecule is COc1ccc([C@@H]2[C@H](C(=O)c3cccs3)N3c4ccc(Cl)cc4C=C[C@@H]3C23C(=O)c2ccccc2C3=O)c(OC)c1. The van der Waals surface area contributed by atoms with Crippen molar-refractivity contribution in [2.24, 2.45) is 5.41 Å². The van der Waals surface area contributed by atoms with Crippen LogP contribution >= 0.6 is 22.9 Å². The lowest BCUT2D eigenvalue weighted by Gasteiger charge is -2.37. The Morgan fingerprint density at radius 1 is 0.927 bits per heavy atom. The van der Waals surface area contributed by atoms with Crippen LogP contribution in [0.3, 0.4) is 0 Å². The molecule has 0 bridgehead atoms. The van der Waals surface area contributed by atoms with E-state index in [0.717, 1.165) is 11.3 Å². The highest BCUT2D eigenvalue weighted by Crippen LogP contribution is 2.62. The first-order chi connectivity index (χ1) is 19.9. The molecule has 3 aromatic carbocycles. The van der Waals surface area contributed by atoms with Crippen molar-refractivity contribution in [2.75, 3.05) is 19.1 Å². The topological polar surface area (TPSA) is 72.9 Å². The van der Waals surface area contributed by atoms with Crippen molar-refractivity contribution in [3.05, 3.63) is 116 Å². The summed E-state index contributed by atoms with van der Waals surface area (Å²) in [6.45, 7) is 0. The van der Waals surface area contributed by atoms with Gasteiger partial charge in [0.25, 0.3) is 0 Å². The van der Waals surface area contributed by atoms with Gasteiger partial charge < -0.3 is 14.4 Å². The van der Waals surface area contributed by atoms with Crippen LogP contribution in [0.25, 0.3) is 6.08 Å². The minimum absolute atomic E-state index is 0.169. The van der Waals surface area contributed by atoms with Crippen LogP contribution in [-0.2, 0) is 0 Å². The molecule has 3 heterocycles. The molecule has 0 saturated carbocycles. The third-order valence-electron chi connectivity index (χ3n) is 8.57. The monoisotopic (exact) mass is 581 g/mol. The lowest BCUT2D eigenvalue weighted by atomic mass is 9.64. The summed E-state index contributed by atoms with van der Waals surface area (Å²) >= 11 is 7.70. The van der Waals surface area contributed by atoms with Crippen LogP contribution in [-0.4, -0.2) is 43.7 Å². The number of methoxy groups -OCH3 is 2. The number of nitrogens with zero attached hydrogens (tertiary/aromatic N) is 1. The fraction of sp³-hybridized carbons (Fsp3) is 0.182. The molecule has 2 aliphatic heterocycles. The molecule has 0 N–H and O–H groups in total. The van der Waals surface area contributed by atoms with E-state index in [1.54, 1.807) is 55.6 Å². The Bertz CT molecular complexity index is 1740. The molecular weight excluding hydrogens is 558 g/mol. The lowest BCUT2D eigenvalue weighted by molar-refractivity contribution is 0.0665. The third-order valence-corrected chi connectivity index (χ3v) is 9.69. The van der Waals surface area contributed by atoms with E-state index < -0.39 is 23.4 Å². The molecule has 1 aromatic heterocycles. The molecule has 8 heteroatoms. The molecule has 1 saturated heterocycles. The number of anilines is 1. The largest absolute Gasteiger partial charge is 0.497 e. The number of ketones is 3. The number of thiophene rings is 1. The standard InChI is InChI=1S/C33H24ClNO5S/c1-39-20-11-12-23(25(17-20)40-2)28-29(30(36)26-8-5-15-41-26)35-24-13-10-19(34)16-18(24)9-14-27(35)33(28)31(37)21-6-3-4-7-22(21)32(33)38/h3-17,27-29H,1-2H3/t27-,28-,29-/m1/s1. The number of Topliss-reactive ketones (excluding diaryl/α,β-unsaturated/α-hetero) is 3. The molecule has 0 unspecified atom stereocenters. The van der Waals surface area contributed by atoms with Crippen molar-refractivity contribution in [3.8, 4) is 11.5 Å². The number of ether oxygens (including phenoxy) is 2. The van der Waals surface area contributed by atoms with Crippen molar-refractivity contribution < 1.29 is 23.9 Å². The van der Waals surface area contributed by atoms with Gasteiger partial charge in [-0.25, -0.2) is 0 Å². The Morgan fingerprint density at radius 2 is 1.68 bits per heavy atom. The van der Waals surface area contributed by atoms with Crippen molar-refractivity contribution in [2.45, 2.75) is 18.0 Å². The fourth-order valence-electron chi connectivity index (χ4n) is 6.93. The van der Waals surface area contributed by atoms with Gasteiger partial charge in [-0.3, -0.25) is 14.4 Å². The summed E-state index contributed by atoms with van der Waals surface area (Å²) in [5.74, 6) is -0.628. The highest BCUT2D eigenvalue weighted by Gasteiger charge is 2.72. The summed E-state index contributed by atoms with van der Waals surface area (Å²) < 4.78 is 11.3. The first-order valence-corrected chi connectivity index (χ1v) is 14.4. The molecule has 0 radical (unpaired) electrons. The molecule has 3 aliphatic rings. The number of fused-ring (bicyclic) bond motifs is 5. The Hall–Kier alpha value is -4.20. The fourth-order valence-corrected chi connectivity index (χ4v) is 7.81. The van der Waals surface area contributed by atoms with Gasteiger partial charge in [0.15, 0.2) is 17.3 Å². The Kier molecular flexibility index (Phi) is 5.92. The van der Waals surface area contributed by atoms with Gasteiger partial charge in [-0.2, -0.15) is 0 Å². The van der Waals surface area contributed by atoms with E-state index in [1.807, 2.05) is 46.7 Å². The van der Waals surface area contributed by atoms with Crippen LogP contribution in [0, 0.1) is 5.41 Å². The number of halogens is 1. The van der Waals surface area contributed by atoms with E-state index in [-0.39, 0.29) is 17.3 Å². The van der Waals surface area contributed by atoms with Gasteiger partial charge in [0.05, 0.1) is 25.1 Å². The molecule has 1 spiro atoms. The highest BCUT2D eigenvalue weighted by atomic mass is 35.5. The maximum absolute atomic E-state index is 14.7. The Morgan fingerprint density at radius 3 is 2.34 bits per heavy atom. The van der Waals surface area contributed by atoms with E-state index in [2.05, 4.69) is 0 Å². The average Bonchev–Trinajstić information content (AvgIpc) is 3.70. The molecule has 0 amide bonds. The average molecular weight is 582 g/mol. The van der Waals surface area contributed by atoms with Crippen molar-refractivity contribution in [1.29, 1.82) is 0 Å². The van der Waals surface area contributed by atoms with Crippen molar-refractivity contribution >= 4 is 52.1 Å². The van der Waals surface area contributed by atoms with Gasteiger partial charge >= 0.3 is 0 Å². The normalized spacial score (nSPS) is 21.5. The van der Waals surface area contributed by atoms with E-state index in [9.17, 15) is 14.4 Å². The summed E-state index contributed by atoms with van der Waals surface area (Å²) in [5, 5.41) is 2.40. The van der Waals surface area contributed by atoms with Crippen LogP contribution in [0.1, 0.15) is 47.4 Å². The zero-order chi connectivity index (χ0) is 28.5. The maximum atomic E-state index is 14.7. The molecule has 6 nitrogen and oxygen atoms in total. The van der Waals surface area contributed by atoms with Crippen molar-refractivity contribution in [3.63, 3.8) is 0 Å². The number of carbonyl (C=O) groups is 3. The molecule has 4 aromatic rings. The first kappa shape index (κ1) is 25.7. The van der Waals surface area contributed by atoms with Gasteiger partial charge in [-0.05, 0) is 41.3 Å². The van der Waals surface area contributed by atoms with Gasteiger partial charge in [0.2, 0.25) is 0 Å². The van der Waals surface area contributed by atoms with Crippen LogP contribution < -0.4 is 14.4 Å². The zero-order valence-electron chi connectivity index (χ0n) is 22.2. The Balaban J connectivity index is 1.57. The third kappa shape index (κ3) is 3.46. The van der Waals surface area contributed by atoms with Crippen LogP contribution in [0.5, 0.6) is 11.5 Å². The summed E-state index contributed by atoms with van der Waals surface area (Å²) in [5.41, 5.74) is 1.27. The number of benzene rings is 3. The number of carbonyl (C=O) groups excluding carboxylic acids is 3. The minimum atomic E-state index is -1.61. The second kappa shape index (κ2) is 9.43. The summed E-state index contributed by atoms with van der Waals surface area (Å²) in [6.07, 6.45) is 3.78. The summed E-state index contributed by atoms with van der Waals surface area (Å²) in [7, 11) is 3.09. The summed E-state index contributed by atoms with van der Waals surface area (Å²) in [6, 6.07) is 19.7. The molecule has 7 rings (SSSR count). The molecule has 204 valence electrons. The van der Waals surface area contributed by atoms with Gasteiger partial charge in [0.1, 0.15) is 23.0 Å². The van der Waals surface area contributed by atoms with E-state index in [1.165, 1.54) is 18.4 Å². The molecule has 1 fully saturated rings. The van der Waals surface area contributed by atoms with Crippen LogP contribution in [0.2, 0.25) is 5.02 Å². The van der Waals surface area contributed by atoms with Gasteiger partial charge in [0, 0.05) is 39.4 Å². The van der Waals surface area contributed by atoms with Crippen molar-refractivity contribution in [1.82, 2.24) is 0 Å². The quantitative estimate of drug-likeness (QED) is 0.192. The van der Waals surface area contributed by atoms with Gasteiger partial charge in [-0.1, -0.05) is 60.2 Å². The lowest BCUT2D eigenvalue weighted by Crippen LogP contribution is -2.48. The Labute approximate surface area is 245 Å². The highest BCUT2D eigenvalue weighted by molar-refractivity contribution is 7.12. The number of hydrogen-bond acceptors (Lipinski definition) is 7. The second-order valence-electron chi connectivity index (χ2n) is 10.4. The maximum Gasteiger partial charge on any atom is 0.195 e.